The van der Waals surface area contributed by atoms with Crippen LogP contribution in [0.2, 0.25) is 0 Å². The summed E-state index contributed by atoms with van der Waals surface area (Å²) in [7, 11) is 2.07. The first-order valence-corrected chi connectivity index (χ1v) is 12.1. The van der Waals surface area contributed by atoms with Crippen LogP contribution in [0, 0.1) is 0 Å². The van der Waals surface area contributed by atoms with Crippen LogP contribution < -0.4 is 19.5 Å². The lowest BCUT2D eigenvalue weighted by Crippen LogP contribution is -2.32. The predicted molar refractivity (Wildman–Crippen MR) is 126 cm³/mol. The molecule has 0 saturated heterocycles. The third kappa shape index (κ3) is 6.79. The van der Waals surface area contributed by atoms with Gasteiger partial charge in [0.25, 0.3) is 10.0 Å². The van der Waals surface area contributed by atoms with Gasteiger partial charge in [-0.15, -0.1) is 0 Å². The zero-order valence-electron chi connectivity index (χ0n) is 17.5. The molecular weight excluding hydrogens is 442 g/mol. The molecule has 3 unspecified atom stereocenters. The molecule has 0 amide bonds. The molecule has 10 heteroatoms. The molecule has 7 nitrogen and oxygen atoms in total. The number of ether oxygens (including phenoxy) is 3. The van der Waals surface area contributed by atoms with E-state index >= 15 is 0 Å². The van der Waals surface area contributed by atoms with Gasteiger partial charge < -0.3 is 19.5 Å². The fourth-order valence-corrected chi connectivity index (χ4v) is 4.51. The molecule has 0 aromatic heterocycles. The molecule has 0 heterocycles. The van der Waals surface area contributed by atoms with Crippen molar-refractivity contribution in [2.45, 2.75) is 31.2 Å². The summed E-state index contributed by atoms with van der Waals surface area (Å²) in [5.41, 5.74) is 0.897. The van der Waals surface area contributed by atoms with Crippen LogP contribution in [-0.4, -0.2) is 45.2 Å². The normalized spacial score (nSPS) is 12.6. The molecular formula is C20H30N2O5P2S. The molecule has 30 heavy (non-hydrogen) atoms. The van der Waals surface area contributed by atoms with Crippen molar-refractivity contribution in [1.29, 1.82) is 0 Å². The predicted octanol–water partition coefficient (Wildman–Crippen LogP) is 3.26. The summed E-state index contributed by atoms with van der Waals surface area (Å²) in [5, 5.41) is 3.40. The van der Waals surface area contributed by atoms with Crippen molar-refractivity contribution in [1.82, 2.24) is 9.16 Å². The SMILES string of the molecule is CCOc1ccccc1OCCNC(C)Cc1ccc(OC)c(S(=O)(=O)N(P)P)c1. The van der Waals surface area contributed by atoms with Gasteiger partial charge in [0, 0.05) is 12.6 Å². The molecule has 0 saturated carbocycles. The number of nitrogens with zero attached hydrogens (tertiary/aromatic N) is 1. The maximum Gasteiger partial charge on any atom is 0.252 e. The van der Waals surface area contributed by atoms with Gasteiger partial charge >= 0.3 is 0 Å². The Labute approximate surface area is 184 Å². The fraction of sp³-hybridized carbons (Fsp3) is 0.400. The van der Waals surface area contributed by atoms with Crippen LogP contribution in [-0.2, 0) is 16.4 Å². The van der Waals surface area contributed by atoms with Crippen molar-refractivity contribution in [3.63, 3.8) is 0 Å². The molecule has 3 atom stereocenters. The molecule has 1 N–H and O–H groups in total. The van der Waals surface area contributed by atoms with E-state index in [1.165, 1.54) is 7.11 Å². The minimum absolute atomic E-state index is 0.128. The molecule has 0 bridgehead atoms. The van der Waals surface area contributed by atoms with E-state index in [1.54, 1.807) is 12.1 Å². The molecule has 2 aromatic carbocycles. The molecule has 0 fully saturated rings. The second-order valence-corrected chi connectivity index (χ2v) is 10.9. The molecule has 0 aliphatic heterocycles. The third-order valence-electron chi connectivity index (χ3n) is 4.33. The molecule has 0 radical (unpaired) electrons. The number of rotatable bonds is 12. The van der Waals surface area contributed by atoms with Crippen molar-refractivity contribution in [3.8, 4) is 17.2 Å². The van der Waals surface area contributed by atoms with Crippen LogP contribution in [0.5, 0.6) is 17.2 Å². The van der Waals surface area contributed by atoms with Crippen LogP contribution in [0.15, 0.2) is 47.4 Å². The van der Waals surface area contributed by atoms with Crippen molar-refractivity contribution in [2.24, 2.45) is 0 Å². The minimum Gasteiger partial charge on any atom is -0.495 e. The highest BCUT2D eigenvalue weighted by Crippen LogP contribution is 2.31. The number of methoxy groups -OCH3 is 1. The van der Waals surface area contributed by atoms with Crippen molar-refractivity contribution < 1.29 is 22.6 Å². The van der Waals surface area contributed by atoms with Crippen molar-refractivity contribution in [3.05, 3.63) is 48.0 Å². The Hall–Kier alpha value is -1.43. The van der Waals surface area contributed by atoms with Crippen LogP contribution in [0.3, 0.4) is 0 Å². The van der Waals surface area contributed by atoms with E-state index in [4.69, 9.17) is 14.2 Å². The van der Waals surface area contributed by atoms with Gasteiger partial charge in [-0.1, -0.05) is 18.2 Å². The van der Waals surface area contributed by atoms with Gasteiger partial charge in [0.2, 0.25) is 0 Å². The smallest absolute Gasteiger partial charge is 0.252 e. The van der Waals surface area contributed by atoms with Gasteiger partial charge in [0.05, 0.1) is 13.7 Å². The van der Waals surface area contributed by atoms with Crippen LogP contribution in [0.1, 0.15) is 19.4 Å². The average Bonchev–Trinajstić information content (AvgIpc) is 2.72. The van der Waals surface area contributed by atoms with Gasteiger partial charge in [0.15, 0.2) is 11.5 Å². The van der Waals surface area contributed by atoms with Gasteiger partial charge in [-0.3, -0.25) is 0 Å². The zero-order valence-corrected chi connectivity index (χ0v) is 20.6. The highest BCUT2D eigenvalue weighted by molar-refractivity contribution is 7.95. The maximum atomic E-state index is 12.5. The lowest BCUT2D eigenvalue weighted by Gasteiger charge is -2.18. The zero-order chi connectivity index (χ0) is 22.1. The first kappa shape index (κ1) is 24.8. The summed E-state index contributed by atoms with van der Waals surface area (Å²) in [6.07, 6.45) is 0.662. The number of para-hydroxylation sites is 2. The summed E-state index contributed by atoms with van der Waals surface area (Å²) < 4.78 is 42.7. The lowest BCUT2D eigenvalue weighted by molar-refractivity contribution is 0.272. The Morgan fingerprint density at radius 2 is 1.73 bits per heavy atom. The summed E-state index contributed by atoms with van der Waals surface area (Å²) in [6.45, 7) is 5.70. The van der Waals surface area contributed by atoms with Gasteiger partial charge in [-0.05, 0) is 68.9 Å². The lowest BCUT2D eigenvalue weighted by atomic mass is 10.1. The van der Waals surface area contributed by atoms with Gasteiger partial charge in [0.1, 0.15) is 17.3 Å². The molecule has 166 valence electrons. The number of nitrogens with one attached hydrogen (secondary N) is 1. The number of hydrogen-bond acceptors (Lipinski definition) is 6. The van der Waals surface area contributed by atoms with E-state index in [-0.39, 0.29) is 10.9 Å². The molecule has 2 rings (SSSR count). The van der Waals surface area contributed by atoms with E-state index in [9.17, 15) is 8.42 Å². The van der Waals surface area contributed by atoms with E-state index in [0.29, 0.717) is 31.9 Å². The standard InChI is InChI=1S/C20H30N2O5P2S/c1-4-26-17-7-5-6-8-18(17)27-12-11-21-15(2)13-16-9-10-19(25-3)20(14-16)30(23,24)22(28)29/h5-10,14-15,21H,4,11-13,28-29H2,1-3H3. The first-order valence-electron chi connectivity index (χ1n) is 9.59. The van der Waals surface area contributed by atoms with Crippen LogP contribution in [0.4, 0.5) is 0 Å². The highest BCUT2D eigenvalue weighted by Gasteiger charge is 2.23. The summed E-state index contributed by atoms with van der Waals surface area (Å²) in [6, 6.07) is 12.9. The van der Waals surface area contributed by atoms with Crippen LogP contribution in [0.25, 0.3) is 0 Å². The summed E-state index contributed by atoms with van der Waals surface area (Å²) in [4.78, 5) is 0.135. The van der Waals surface area contributed by atoms with Gasteiger partial charge in [-0.2, -0.15) is 3.85 Å². The molecule has 0 aliphatic rings. The second-order valence-electron chi connectivity index (χ2n) is 6.61. The Bertz CT molecular complexity index is 925. The van der Waals surface area contributed by atoms with Crippen molar-refractivity contribution in [2.75, 3.05) is 26.9 Å². The quantitative estimate of drug-likeness (QED) is 0.378. The van der Waals surface area contributed by atoms with E-state index < -0.39 is 10.0 Å². The van der Waals surface area contributed by atoms with Crippen molar-refractivity contribution >= 4 is 28.8 Å². The Balaban J connectivity index is 1.93. The Morgan fingerprint density at radius 3 is 2.33 bits per heavy atom. The van der Waals surface area contributed by atoms with E-state index in [1.807, 2.05) is 44.2 Å². The minimum atomic E-state index is -3.66. The van der Waals surface area contributed by atoms with Crippen LogP contribution >= 0.6 is 18.8 Å². The molecule has 2 aromatic rings. The molecule has 0 aliphatic carbocycles. The Kier molecular flexibility index (Phi) is 9.79. The summed E-state index contributed by atoms with van der Waals surface area (Å²) in [5.74, 6) is 1.77. The second kappa shape index (κ2) is 11.8. The Morgan fingerprint density at radius 1 is 1.07 bits per heavy atom. The van der Waals surface area contributed by atoms with E-state index in [2.05, 4.69) is 24.1 Å². The maximum absolute atomic E-state index is 12.5. The first-order chi connectivity index (χ1) is 14.3. The number of hydrogen-bond donors (Lipinski definition) is 1. The van der Waals surface area contributed by atoms with Gasteiger partial charge in [-0.25, -0.2) is 8.42 Å². The topological polar surface area (TPSA) is 77.1 Å². The number of sulfonamides is 1. The largest absolute Gasteiger partial charge is 0.495 e. The van der Waals surface area contributed by atoms with E-state index in [0.717, 1.165) is 20.9 Å². The number of benzene rings is 2. The third-order valence-corrected chi connectivity index (χ3v) is 7.42. The summed E-state index contributed by atoms with van der Waals surface area (Å²) >= 11 is 0. The fourth-order valence-electron chi connectivity index (χ4n) is 2.90. The molecule has 0 spiro atoms. The monoisotopic (exact) mass is 472 g/mol. The highest BCUT2D eigenvalue weighted by atomic mass is 32.2. The average molecular weight is 472 g/mol.